The smallest absolute Gasteiger partial charge is 0.508 e. The maximum absolute atomic E-state index is 12.2. The summed E-state index contributed by atoms with van der Waals surface area (Å²) >= 11 is 0. The lowest BCUT2D eigenvalue weighted by atomic mass is 10.1. The van der Waals surface area contributed by atoms with Gasteiger partial charge in [-0.1, -0.05) is 12.1 Å². The Morgan fingerprint density at radius 2 is 1.90 bits per heavy atom. The first-order valence-corrected chi connectivity index (χ1v) is 6.22. The summed E-state index contributed by atoms with van der Waals surface area (Å²) in [6.07, 6.45) is -4.69. The Balaban J connectivity index is 2.05. The molecule has 2 aromatic rings. The number of hydrogen-bond donors (Lipinski definition) is 2. The van der Waals surface area contributed by atoms with Gasteiger partial charge in [0, 0.05) is 12.2 Å². The molecule has 2 aromatic carbocycles. The number of aryl methyl sites for hydroxylation is 1. The Morgan fingerprint density at radius 1 is 1.14 bits per heavy atom. The summed E-state index contributed by atoms with van der Waals surface area (Å²) in [5, 5.41) is 12.4. The molecule has 0 saturated heterocycles. The molecular formula is C15H14F3NO2. The maximum Gasteiger partial charge on any atom is 0.573 e. The molecule has 0 aliphatic heterocycles. The standard InChI is InChI=1S/C15H14F3NO2/c1-10-7-12(20)5-6-14(10)19-9-11-3-2-4-13(8-11)21-15(16,17)18/h2-8,19-20H,9H2,1H3. The van der Waals surface area contributed by atoms with Gasteiger partial charge in [0.25, 0.3) is 0 Å². The van der Waals surface area contributed by atoms with Crippen LogP contribution in [-0.4, -0.2) is 11.5 Å². The second kappa shape index (κ2) is 5.95. The van der Waals surface area contributed by atoms with Crippen molar-refractivity contribution in [2.75, 3.05) is 5.32 Å². The van der Waals surface area contributed by atoms with Crippen LogP contribution in [0.5, 0.6) is 11.5 Å². The van der Waals surface area contributed by atoms with Crippen molar-refractivity contribution in [3.63, 3.8) is 0 Å². The largest absolute Gasteiger partial charge is 0.573 e. The number of nitrogens with one attached hydrogen (secondary N) is 1. The number of anilines is 1. The Labute approximate surface area is 120 Å². The van der Waals surface area contributed by atoms with Crippen LogP contribution in [0.2, 0.25) is 0 Å². The van der Waals surface area contributed by atoms with Crippen molar-refractivity contribution < 1.29 is 23.0 Å². The summed E-state index contributed by atoms with van der Waals surface area (Å²) < 4.78 is 40.3. The van der Waals surface area contributed by atoms with Crippen LogP contribution in [0.4, 0.5) is 18.9 Å². The van der Waals surface area contributed by atoms with Crippen LogP contribution in [0.25, 0.3) is 0 Å². The first-order chi connectivity index (χ1) is 9.83. The average molecular weight is 297 g/mol. The topological polar surface area (TPSA) is 41.5 Å². The zero-order chi connectivity index (χ0) is 15.5. The van der Waals surface area contributed by atoms with Crippen molar-refractivity contribution in [2.45, 2.75) is 19.8 Å². The molecule has 0 aromatic heterocycles. The van der Waals surface area contributed by atoms with E-state index in [0.717, 1.165) is 11.3 Å². The SMILES string of the molecule is Cc1cc(O)ccc1NCc1cccc(OC(F)(F)F)c1. The molecule has 0 amide bonds. The third kappa shape index (κ3) is 4.59. The highest BCUT2D eigenvalue weighted by atomic mass is 19.4. The number of rotatable bonds is 4. The third-order valence-corrected chi connectivity index (χ3v) is 2.82. The van der Waals surface area contributed by atoms with E-state index in [-0.39, 0.29) is 11.5 Å². The molecule has 0 heterocycles. The first kappa shape index (κ1) is 15.0. The average Bonchev–Trinajstić information content (AvgIpc) is 2.36. The van der Waals surface area contributed by atoms with Gasteiger partial charge >= 0.3 is 6.36 Å². The van der Waals surface area contributed by atoms with E-state index < -0.39 is 6.36 Å². The van der Waals surface area contributed by atoms with E-state index in [2.05, 4.69) is 10.1 Å². The minimum atomic E-state index is -4.69. The van der Waals surface area contributed by atoms with Crippen LogP contribution in [0.1, 0.15) is 11.1 Å². The van der Waals surface area contributed by atoms with Crippen LogP contribution in [0, 0.1) is 6.92 Å². The Bertz CT molecular complexity index is 627. The lowest BCUT2D eigenvalue weighted by molar-refractivity contribution is -0.274. The minimum Gasteiger partial charge on any atom is -0.508 e. The van der Waals surface area contributed by atoms with Gasteiger partial charge in [0.05, 0.1) is 0 Å². The number of phenolic OH excluding ortho intramolecular Hbond substituents is 1. The van der Waals surface area contributed by atoms with Crippen molar-refractivity contribution in [1.82, 2.24) is 0 Å². The Morgan fingerprint density at radius 3 is 2.57 bits per heavy atom. The second-order valence-electron chi connectivity index (χ2n) is 4.55. The molecule has 2 rings (SSSR count). The predicted molar refractivity (Wildman–Crippen MR) is 73.3 cm³/mol. The third-order valence-electron chi connectivity index (χ3n) is 2.82. The molecule has 3 nitrogen and oxygen atoms in total. The molecule has 0 saturated carbocycles. The number of benzene rings is 2. The van der Waals surface area contributed by atoms with E-state index in [1.165, 1.54) is 18.2 Å². The van der Waals surface area contributed by atoms with Gasteiger partial charge in [0.1, 0.15) is 11.5 Å². The minimum absolute atomic E-state index is 0.165. The monoisotopic (exact) mass is 297 g/mol. The highest BCUT2D eigenvalue weighted by molar-refractivity contribution is 5.53. The summed E-state index contributed by atoms with van der Waals surface area (Å²) in [4.78, 5) is 0. The number of hydrogen-bond acceptors (Lipinski definition) is 3. The zero-order valence-corrected chi connectivity index (χ0v) is 11.2. The maximum atomic E-state index is 12.2. The molecule has 0 spiro atoms. The second-order valence-corrected chi connectivity index (χ2v) is 4.55. The Kier molecular flexibility index (Phi) is 4.26. The summed E-state index contributed by atoms with van der Waals surface area (Å²) in [5.41, 5.74) is 2.30. The molecule has 6 heteroatoms. The van der Waals surface area contributed by atoms with E-state index in [1.807, 2.05) is 6.92 Å². The fraction of sp³-hybridized carbons (Fsp3) is 0.200. The molecule has 0 radical (unpaired) electrons. The van der Waals surface area contributed by atoms with Gasteiger partial charge in [0.15, 0.2) is 0 Å². The van der Waals surface area contributed by atoms with E-state index in [1.54, 1.807) is 24.3 Å². The highest BCUT2D eigenvalue weighted by Crippen LogP contribution is 2.24. The molecule has 0 fully saturated rings. The number of halogens is 3. The lowest BCUT2D eigenvalue weighted by Gasteiger charge is -2.12. The van der Waals surface area contributed by atoms with E-state index >= 15 is 0 Å². The molecule has 0 aliphatic carbocycles. The van der Waals surface area contributed by atoms with Crippen molar-refractivity contribution in [3.8, 4) is 11.5 Å². The molecule has 21 heavy (non-hydrogen) atoms. The van der Waals surface area contributed by atoms with Crippen molar-refractivity contribution in [1.29, 1.82) is 0 Å². The zero-order valence-electron chi connectivity index (χ0n) is 11.2. The molecule has 0 aliphatic rings. The van der Waals surface area contributed by atoms with E-state index in [9.17, 15) is 18.3 Å². The molecule has 0 unspecified atom stereocenters. The number of aromatic hydroxyl groups is 1. The number of ether oxygens (including phenoxy) is 1. The van der Waals surface area contributed by atoms with Gasteiger partial charge in [-0.25, -0.2) is 0 Å². The van der Waals surface area contributed by atoms with Crippen molar-refractivity contribution >= 4 is 5.69 Å². The van der Waals surface area contributed by atoms with Crippen LogP contribution >= 0.6 is 0 Å². The Hall–Kier alpha value is -2.37. The van der Waals surface area contributed by atoms with Crippen LogP contribution < -0.4 is 10.1 Å². The van der Waals surface area contributed by atoms with Gasteiger partial charge in [-0.3, -0.25) is 0 Å². The molecule has 2 N–H and O–H groups in total. The quantitative estimate of drug-likeness (QED) is 0.831. The number of alkyl halides is 3. The summed E-state index contributed by atoms with van der Waals surface area (Å²) in [7, 11) is 0. The van der Waals surface area contributed by atoms with Gasteiger partial charge in [-0.05, 0) is 48.4 Å². The fourth-order valence-electron chi connectivity index (χ4n) is 1.90. The number of phenols is 1. The van der Waals surface area contributed by atoms with Crippen LogP contribution in [-0.2, 0) is 6.54 Å². The van der Waals surface area contributed by atoms with E-state index in [0.29, 0.717) is 12.1 Å². The van der Waals surface area contributed by atoms with Gasteiger partial charge in [0.2, 0.25) is 0 Å². The van der Waals surface area contributed by atoms with E-state index in [4.69, 9.17) is 0 Å². The van der Waals surface area contributed by atoms with Crippen LogP contribution in [0.15, 0.2) is 42.5 Å². The molecule has 0 bridgehead atoms. The highest BCUT2D eigenvalue weighted by Gasteiger charge is 2.31. The van der Waals surface area contributed by atoms with Gasteiger partial charge in [-0.15, -0.1) is 13.2 Å². The fourth-order valence-corrected chi connectivity index (χ4v) is 1.90. The normalized spacial score (nSPS) is 11.2. The molecular weight excluding hydrogens is 283 g/mol. The first-order valence-electron chi connectivity index (χ1n) is 6.22. The van der Waals surface area contributed by atoms with Gasteiger partial charge < -0.3 is 15.2 Å². The lowest BCUT2D eigenvalue weighted by Crippen LogP contribution is -2.17. The summed E-state index contributed by atoms with van der Waals surface area (Å²) in [6, 6.07) is 10.6. The summed E-state index contributed by atoms with van der Waals surface area (Å²) in [6.45, 7) is 2.17. The molecule has 112 valence electrons. The predicted octanol–water partition coefficient (Wildman–Crippen LogP) is 4.21. The molecule has 0 atom stereocenters. The van der Waals surface area contributed by atoms with Crippen molar-refractivity contribution in [2.24, 2.45) is 0 Å². The van der Waals surface area contributed by atoms with Gasteiger partial charge in [-0.2, -0.15) is 0 Å². The summed E-state index contributed by atoms with van der Waals surface area (Å²) in [5.74, 6) is -0.0807. The van der Waals surface area contributed by atoms with Crippen LogP contribution in [0.3, 0.4) is 0 Å². The van der Waals surface area contributed by atoms with Crippen molar-refractivity contribution in [3.05, 3.63) is 53.6 Å².